The highest BCUT2D eigenvalue weighted by Gasteiger charge is 2.34. The predicted molar refractivity (Wildman–Crippen MR) is 79.2 cm³/mol. The molecular formula is C16H23ClFN. The summed E-state index contributed by atoms with van der Waals surface area (Å²) in [7, 11) is 0. The third kappa shape index (κ3) is 3.93. The largest absolute Gasteiger partial charge is 0.316 e. The van der Waals surface area contributed by atoms with Crippen LogP contribution in [0.4, 0.5) is 4.39 Å². The van der Waals surface area contributed by atoms with E-state index in [-0.39, 0.29) is 11.2 Å². The zero-order valence-electron chi connectivity index (χ0n) is 11.6. The molecule has 1 aromatic rings. The molecular weight excluding hydrogens is 261 g/mol. The Morgan fingerprint density at radius 2 is 2.05 bits per heavy atom. The van der Waals surface area contributed by atoms with Gasteiger partial charge in [0.2, 0.25) is 0 Å². The molecule has 0 unspecified atom stereocenters. The van der Waals surface area contributed by atoms with Gasteiger partial charge in [0.1, 0.15) is 5.82 Å². The van der Waals surface area contributed by atoms with Crippen LogP contribution in [0.25, 0.3) is 0 Å². The first kappa shape index (κ1) is 14.8. The fourth-order valence-corrected chi connectivity index (χ4v) is 3.30. The van der Waals surface area contributed by atoms with Gasteiger partial charge in [0.15, 0.2) is 0 Å². The second kappa shape index (κ2) is 6.71. The van der Waals surface area contributed by atoms with Crippen molar-refractivity contribution in [3.63, 3.8) is 0 Å². The normalized spacial score (nSPS) is 17.8. The predicted octanol–water partition coefficient (Wildman–Crippen LogP) is 4.58. The summed E-state index contributed by atoms with van der Waals surface area (Å²) < 4.78 is 14.0. The first-order chi connectivity index (χ1) is 9.15. The Labute approximate surface area is 120 Å². The van der Waals surface area contributed by atoms with Crippen LogP contribution in [-0.2, 0) is 6.42 Å². The van der Waals surface area contributed by atoms with Crippen molar-refractivity contribution in [1.82, 2.24) is 5.32 Å². The van der Waals surface area contributed by atoms with E-state index < -0.39 is 0 Å². The maximum Gasteiger partial charge on any atom is 0.127 e. The fourth-order valence-electron chi connectivity index (χ4n) is 3.14. The van der Waals surface area contributed by atoms with E-state index in [9.17, 15) is 4.39 Å². The number of nitrogens with one attached hydrogen (secondary N) is 1. The minimum atomic E-state index is -0.158. The van der Waals surface area contributed by atoms with Crippen molar-refractivity contribution in [3.05, 3.63) is 34.6 Å². The molecule has 3 heteroatoms. The summed E-state index contributed by atoms with van der Waals surface area (Å²) in [4.78, 5) is 0. The Morgan fingerprint density at radius 1 is 1.32 bits per heavy atom. The zero-order valence-corrected chi connectivity index (χ0v) is 12.4. The van der Waals surface area contributed by atoms with Crippen molar-refractivity contribution in [1.29, 1.82) is 0 Å². The van der Waals surface area contributed by atoms with E-state index in [2.05, 4.69) is 12.2 Å². The first-order valence-electron chi connectivity index (χ1n) is 7.30. The maximum absolute atomic E-state index is 14.0. The summed E-state index contributed by atoms with van der Waals surface area (Å²) >= 11 is 5.82. The molecule has 19 heavy (non-hydrogen) atoms. The molecule has 0 atom stereocenters. The van der Waals surface area contributed by atoms with Crippen LogP contribution in [0.3, 0.4) is 0 Å². The summed E-state index contributed by atoms with van der Waals surface area (Å²) in [5, 5.41) is 4.00. The van der Waals surface area contributed by atoms with Crippen molar-refractivity contribution in [2.75, 3.05) is 13.1 Å². The molecule has 1 N–H and O–H groups in total. The number of halogens is 2. The molecule has 106 valence electrons. The average Bonchev–Trinajstić information content (AvgIpc) is 2.82. The molecule has 1 saturated carbocycles. The molecule has 0 saturated heterocycles. The third-order valence-corrected chi connectivity index (χ3v) is 4.41. The molecule has 0 aliphatic heterocycles. The van der Waals surface area contributed by atoms with Gasteiger partial charge < -0.3 is 5.32 Å². The van der Waals surface area contributed by atoms with Gasteiger partial charge in [0.05, 0.1) is 0 Å². The van der Waals surface area contributed by atoms with E-state index in [1.807, 2.05) is 6.07 Å². The Kier molecular flexibility index (Phi) is 5.23. The summed E-state index contributed by atoms with van der Waals surface area (Å²) in [5.74, 6) is -0.158. The second-order valence-electron chi connectivity index (χ2n) is 5.80. The summed E-state index contributed by atoms with van der Waals surface area (Å²) in [6, 6.07) is 5.07. The van der Waals surface area contributed by atoms with E-state index in [0.717, 1.165) is 31.5 Å². The van der Waals surface area contributed by atoms with Crippen molar-refractivity contribution in [2.45, 2.75) is 45.4 Å². The van der Waals surface area contributed by atoms with Crippen molar-refractivity contribution in [2.24, 2.45) is 5.41 Å². The molecule has 0 radical (unpaired) electrons. The maximum atomic E-state index is 14.0. The van der Waals surface area contributed by atoms with Crippen LogP contribution in [0.15, 0.2) is 18.2 Å². The lowest BCUT2D eigenvalue weighted by atomic mass is 9.79. The lowest BCUT2D eigenvalue weighted by molar-refractivity contribution is 0.275. The Hall–Kier alpha value is -0.600. The molecule has 0 aromatic heterocycles. The van der Waals surface area contributed by atoms with Gasteiger partial charge in [0.25, 0.3) is 0 Å². The van der Waals surface area contributed by atoms with Gasteiger partial charge in [-0.15, -0.1) is 0 Å². The molecule has 0 spiro atoms. The number of hydrogen-bond donors (Lipinski definition) is 1. The molecule has 2 rings (SSSR count). The molecule has 0 heterocycles. The van der Waals surface area contributed by atoms with Crippen molar-refractivity contribution >= 4 is 11.6 Å². The molecule has 0 amide bonds. The number of benzene rings is 1. The van der Waals surface area contributed by atoms with Gasteiger partial charge in [-0.2, -0.15) is 0 Å². The van der Waals surface area contributed by atoms with Crippen LogP contribution in [0.2, 0.25) is 5.02 Å². The minimum absolute atomic E-state index is 0.158. The standard InChI is InChI=1S/C16H23ClFN/c1-2-9-19-12-16(7-3-4-8-16)11-13-5-6-14(17)10-15(13)18/h5-6,10,19H,2-4,7-9,11-12H2,1H3. The summed E-state index contributed by atoms with van der Waals surface area (Å²) in [6.07, 6.45) is 6.90. The molecule has 1 aromatic carbocycles. The lowest BCUT2D eigenvalue weighted by Crippen LogP contribution is -2.34. The van der Waals surface area contributed by atoms with Crippen molar-refractivity contribution in [3.8, 4) is 0 Å². The van der Waals surface area contributed by atoms with Crippen LogP contribution in [-0.4, -0.2) is 13.1 Å². The topological polar surface area (TPSA) is 12.0 Å². The van der Waals surface area contributed by atoms with Gasteiger partial charge in [-0.05, 0) is 55.3 Å². The Bertz CT molecular complexity index is 413. The van der Waals surface area contributed by atoms with Gasteiger partial charge >= 0.3 is 0 Å². The van der Waals surface area contributed by atoms with Gasteiger partial charge in [0, 0.05) is 11.6 Å². The molecule has 1 aliphatic rings. The summed E-state index contributed by atoms with van der Waals surface area (Å²) in [5.41, 5.74) is 1.05. The number of hydrogen-bond acceptors (Lipinski definition) is 1. The van der Waals surface area contributed by atoms with Gasteiger partial charge in [-0.1, -0.05) is 37.4 Å². The van der Waals surface area contributed by atoms with E-state index in [1.165, 1.54) is 31.7 Å². The Morgan fingerprint density at radius 3 is 2.68 bits per heavy atom. The van der Waals surface area contributed by atoms with Crippen LogP contribution in [0, 0.1) is 11.2 Å². The minimum Gasteiger partial charge on any atom is -0.316 e. The molecule has 1 aliphatic carbocycles. The Balaban J connectivity index is 2.07. The van der Waals surface area contributed by atoms with Crippen LogP contribution >= 0.6 is 11.6 Å². The van der Waals surface area contributed by atoms with Gasteiger partial charge in [-0.25, -0.2) is 4.39 Å². The van der Waals surface area contributed by atoms with Crippen molar-refractivity contribution < 1.29 is 4.39 Å². The molecule has 1 nitrogen and oxygen atoms in total. The smallest absolute Gasteiger partial charge is 0.127 e. The van der Waals surface area contributed by atoms with E-state index in [0.29, 0.717) is 5.02 Å². The highest BCUT2D eigenvalue weighted by molar-refractivity contribution is 6.30. The van der Waals surface area contributed by atoms with Crippen LogP contribution < -0.4 is 5.32 Å². The average molecular weight is 284 g/mol. The third-order valence-electron chi connectivity index (χ3n) is 4.17. The summed E-state index contributed by atoms with van der Waals surface area (Å²) in [6.45, 7) is 4.22. The monoisotopic (exact) mass is 283 g/mol. The van der Waals surface area contributed by atoms with E-state index in [4.69, 9.17) is 11.6 Å². The van der Waals surface area contributed by atoms with Crippen LogP contribution in [0.5, 0.6) is 0 Å². The van der Waals surface area contributed by atoms with E-state index >= 15 is 0 Å². The number of rotatable bonds is 6. The molecule has 1 fully saturated rings. The molecule has 0 bridgehead atoms. The van der Waals surface area contributed by atoms with Crippen LogP contribution in [0.1, 0.15) is 44.6 Å². The second-order valence-corrected chi connectivity index (χ2v) is 6.23. The first-order valence-corrected chi connectivity index (χ1v) is 7.68. The van der Waals surface area contributed by atoms with E-state index in [1.54, 1.807) is 6.07 Å². The lowest BCUT2D eigenvalue weighted by Gasteiger charge is -2.30. The quantitative estimate of drug-likeness (QED) is 0.754. The zero-order chi connectivity index (χ0) is 13.7. The van der Waals surface area contributed by atoms with Gasteiger partial charge in [-0.3, -0.25) is 0 Å². The SMILES string of the molecule is CCCNCC1(Cc2ccc(Cl)cc2F)CCCC1. The highest BCUT2D eigenvalue weighted by atomic mass is 35.5. The fraction of sp³-hybridized carbons (Fsp3) is 0.625. The highest BCUT2D eigenvalue weighted by Crippen LogP contribution is 2.41.